The van der Waals surface area contributed by atoms with Crippen LogP contribution in [0.25, 0.3) is 0 Å². The molecule has 0 spiro atoms. The second-order valence-corrected chi connectivity index (χ2v) is 6.62. The molecule has 0 radical (unpaired) electrons. The van der Waals surface area contributed by atoms with E-state index in [1.807, 2.05) is 4.83 Å². The van der Waals surface area contributed by atoms with Gasteiger partial charge in [-0.25, -0.2) is 4.83 Å². The highest BCUT2D eigenvalue weighted by molar-refractivity contribution is 7.89. The quantitative estimate of drug-likeness (QED) is 0.457. The predicted molar refractivity (Wildman–Crippen MR) is 90.4 cm³/mol. The van der Waals surface area contributed by atoms with E-state index < -0.39 is 14.9 Å². The number of para-hydroxylation sites is 1. The SMILES string of the molecule is COc1cccc(/C=N/NS(=O)(=O)c2ccc(C)c([N+](=O)[O-])c2)c1O. The fourth-order valence-electron chi connectivity index (χ4n) is 1.98. The Morgan fingerprint density at radius 3 is 2.68 bits per heavy atom. The first-order valence-electron chi connectivity index (χ1n) is 6.92. The molecule has 0 aromatic heterocycles. The molecule has 0 heterocycles. The van der Waals surface area contributed by atoms with Crippen LogP contribution in [0.3, 0.4) is 0 Å². The Morgan fingerprint density at radius 2 is 2.04 bits per heavy atom. The van der Waals surface area contributed by atoms with Crippen molar-refractivity contribution >= 4 is 21.9 Å². The van der Waals surface area contributed by atoms with Crippen LogP contribution in [-0.4, -0.2) is 31.8 Å². The number of rotatable bonds is 6. The summed E-state index contributed by atoms with van der Waals surface area (Å²) in [5, 5.41) is 24.4. The van der Waals surface area contributed by atoms with Gasteiger partial charge in [-0.2, -0.15) is 13.5 Å². The van der Waals surface area contributed by atoms with Crippen LogP contribution < -0.4 is 9.57 Å². The Morgan fingerprint density at radius 1 is 1.32 bits per heavy atom. The summed E-state index contributed by atoms with van der Waals surface area (Å²) in [6, 6.07) is 8.16. The predicted octanol–water partition coefficient (Wildman–Crippen LogP) is 1.93. The van der Waals surface area contributed by atoms with Gasteiger partial charge in [-0.15, -0.1) is 0 Å². The van der Waals surface area contributed by atoms with Gasteiger partial charge in [0, 0.05) is 17.2 Å². The van der Waals surface area contributed by atoms with Gasteiger partial charge in [0.15, 0.2) is 11.5 Å². The maximum atomic E-state index is 12.2. The second kappa shape index (κ2) is 7.18. The zero-order chi connectivity index (χ0) is 18.6. The van der Waals surface area contributed by atoms with Crippen LogP contribution in [-0.2, 0) is 10.0 Å². The summed E-state index contributed by atoms with van der Waals surface area (Å²) in [6.07, 6.45) is 1.10. The highest BCUT2D eigenvalue weighted by atomic mass is 32.2. The number of hydrazone groups is 1. The summed E-state index contributed by atoms with van der Waals surface area (Å²) in [7, 11) is -2.72. The molecule has 0 saturated carbocycles. The molecule has 2 aromatic rings. The van der Waals surface area contributed by atoms with Gasteiger partial charge in [0.1, 0.15) is 0 Å². The van der Waals surface area contributed by atoms with E-state index in [0.29, 0.717) is 5.56 Å². The van der Waals surface area contributed by atoms with Gasteiger partial charge in [-0.05, 0) is 25.1 Å². The number of nitrogens with zero attached hydrogens (tertiary/aromatic N) is 2. The van der Waals surface area contributed by atoms with E-state index in [1.165, 1.54) is 38.3 Å². The summed E-state index contributed by atoms with van der Waals surface area (Å²) in [5.41, 5.74) is 0.267. The van der Waals surface area contributed by atoms with Crippen LogP contribution in [0.1, 0.15) is 11.1 Å². The topological polar surface area (TPSA) is 131 Å². The number of aromatic hydroxyl groups is 1. The van der Waals surface area contributed by atoms with Crippen molar-refractivity contribution < 1.29 is 23.2 Å². The number of benzene rings is 2. The lowest BCUT2D eigenvalue weighted by atomic mass is 10.2. The molecule has 0 amide bonds. The summed E-state index contributed by atoms with van der Waals surface area (Å²) < 4.78 is 29.3. The Bertz CT molecular complexity index is 940. The van der Waals surface area contributed by atoms with Crippen LogP contribution in [0.15, 0.2) is 46.4 Å². The average Bonchev–Trinajstić information content (AvgIpc) is 2.56. The minimum atomic E-state index is -4.10. The van der Waals surface area contributed by atoms with Gasteiger partial charge in [0.25, 0.3) is 15.7 Å². The van der Waals surface area contributed by atoms with Crippen molar-refractivity contribution in [2.75, 3.05) is 7.11 Å². The Kier molecular flexibility index (Phi) is 5.22. The third-order valence-electron chi connectivity index (χ3n) is 3.31. The number of phenols is 1. The summed E-state index contributed by atoms with van der Waals surface area (Å²) in [5.74, 6) is 0.0138. The molecular formula is C15H15N3O6S. The van der Waals surface area contributed by atoms with Crippen molar-refractivity contribution in [3.05, 3.63) is 57.6 Å². The van der Waals surface area contributed by atoms with E-state index >= 15 is 0 Å². The summed E-state index contributed by atoms with van der Waals surface area (Å²) >= 11 is 0. The lowest BCUT2D eigenvalue weighted by molar-refractivity contribution is -0.385. The molecule has 0 unspecified atom stereocenters. The monoisotopic (exact) mass is 365 g/mol. The number of ether oxygens (including phenoxy) is 1. The van der Waals surface area contributed by atoms with Gasteiger partial charge in [-0.1, -0.05) is 12.1 Å². The first kappa shape index (κ1) is 18.2. The fourth-order valence-corrected chi connectivity index (χ4v) is 2.79. The molecule has 0 bridgehead atoms. The third kappa shape index (κ3) is 4.04. The number of hydrogen-bond donors (Lipinski definition) is 2. The maximum Gasteiger partial charge on any atom is 0.276 e. The average molecular weight is 365 g/mol. The highest BCUT2D eigenvalue weighted by Gasteiger charge is 2.19. The standard InChI is InChI=1S/C15H15N3O6S/c1-10-6-7-12(8-13(10)18(20)21)25(22,23)17-16-9-11-4-3-5-14(24-2)15(11)19/h3-9,17,19H,1-2H3/b16-9+. The molecule has 10 heteroatoms. The number of phenolic OH excluding ortho intramolecular Hbond substituents is 1. The summed E-state index contributed by atoms with van der Waals surface area (Å²) in [4.78, 5) is 11.9. The van der Waals surface area contributed by atoms with E-state index in [9.17, 15) is 23.6 Å². The van der Waals surface area contributed by atoms with Gasteiger partial charge in [-0.3, -0.25) is 10.1 Å². The number of aryl methyl sites for hydroxylation is 1. The van der Waals surface area contributed by atoms with Crippen molar-refractivity contribution in [3.63, 3.8) is 0 Å². The smallest absolute Gasteiger partial charge is 0.276 e. The molecule has 0 atom stereocenters. The Hall–Kier alpha value is -3.14. The molecule has 2 aromatic carbocycles. The van der Waals surface area contributed by atoms with Gasteiger partial charge < -0.3 is 9.84 Å². The minimum Gasteiger partial charge on any atom is -0.504 e. The number of hydrogen-bond acceptors (Lipinski definition) is 7. The molecule has 9 nitrogen and oxygen atoms in total. The zero-order valence-corrected chi connectivity index (χ0v) is 14.1. The molecule has 2 rings (SSSR count). The number of nitrogens with one attached hydrogen (secondary N) is 1. The number of methoxy groups -OCH3 is 1. The number of nitro benzene ring substituents is 1. The molecule has 2 N–H and O–H groups in total. The van der Waals surface area contributed by atoms with Crippen molar-refractivity contribution in [2.24, 2.45) is 5.10 Å². The van der Waals surface area contributed by atoms with Crippen molar-refractivity contribution in [2.45, 2.75) is 11.8 Å². The first-order chi connectivity index (χ1) is 11.8. The minimum absolute atomic E-state index is 0.195. The fraction of sp³-hybridized carbons (Fsp3) is 0.133. The molecule has 0 aliphatic heterocycles. The van der Waals surface area contributed by atoms with Crippen LogP contribution in [0.2, 0.25) is 0 Å². The van der Waals surface area contributed by atoms with E-state index in [2.05, 4.69) is 5.10 Å². The first-order valence-corrected chi connectivity index (χ1v) is 8.40. The van der Waals surface area contributed by atoms with Gasteiger partial charge in [0.05, 0.1) is 23.1 Å². The van der Waals surface area contributed by atoms with E-state index in [-0.39, 0.29) is 27.6 Å². The molecule has 0 aliphatic rings. The van der Waals surface area contributed by atoms with Gasteiger partial charge in [0.2, 0.25) is 0 Å². The zero-order valence-electron chi connectivity index (χ0n) is 13.3. The normalized spacial score (nSPS) is 11.4. The highest BCUT2D eigenvalue weighted by Crippen LogP contribution is 2.28. The summed E-state index contributed by atoms with van der Waals surface area (Å²) in [6.45, 7) is 1.51. The van der Waals surface area contributed by atoms with Crippen LogP contribution in [0.5, 0.6) is 11.5 Å². The Labute approximate surface area is 143 Å². The van der Waals surface area contributed by atoms with E-state index in [4.69, 9.17) is 4.74 Å². The molecule has 0 fully saturated rings. The van der Waals surface area contributed by atoms with Crippen LogP contribution in [0.4, 0.5) is 5.69 Å². The van der Waals surface area contributed by atoms with Gasteiger partial charge >= 0.3 is 0 Å². The largest absolute Gasteiger partial charge is 0.504 e. The van der Waals surface area contributed by atoms with Crippen LogP contribution >= 0.6 is 0 Å². The maximum absolute atomic E-state index is 12.2. The molecular weight excluding hydrogens is 350 g/mol. The lowest BCUT2D eigenvalue weighted by Gasteiger charge is -2.06. The van der Waals surface area contributed by atoms with Crippen molar-refractivity contribution in [1.29, 1.82) is 0 Å². The molecule has 25 heavy (non-hydrogen) atoms. The second-order valence-electron chi connectivity index (χ2n) is 4.96. The third-order valence-corrected chi connectivity index (χ3v) is 4.53. The molecule has 0 aliphatic carbocycles. The van der Waals surface area contributed by atoms with Crippen LogP contribution in [0, 0.1) is 17.0 Å². The van der Waals surface area contributed by atoms with E-state index in [0.717, 1.165) is 12.3 Å². The van der Waals surface area contributed by atoms with Crippen molar-refractivity contribution in [3.8, 4) is 11.5 Å². The molecule has 132 valence electrons. The number of sulfonamides is 1. The lowest BCUT2D eigenvalue weighted by Crippen LogP contribution is -2.18. The number of nitro groups is 1. The van der Waals surface area contributed by atoms with E-state index in [1.54, 1.807) is 6.07 Å². The molecule has 0 saturated heterocycles. The Balaban J connectivity index is 2.25. The van der Waals surface area contributed by atoms with Crippen molar-refractivity contribution in [1.82, 2.24) is 4.83 Å².